The van der Waals surface area contributed by atoms with E-state index in [0.717, 1.165) is 6.54 Å². The van der Waals surface area contributed by atoms with Crippen LogP contribution in [0.4, 0.5) is 0 Å². The molecule has 0 radical (unpaired) electrons. The van der Waals surface area contributed by atoms with Gasteiger partial charge in [0.05, 0.1) is 12.2 Å². The first kappa shape index (κ1) is 13.1. The predicted molar refractivity (Wildman–Crippen MR) is 78.3 cm³/mol. The lowest BCUT2D eigenvalue weighted by molar-refractivity contribution is 0.0857. The topological polar surface area (TPSA) is 21.3 Å². The van der Waals surface area contributed by atoms with Gasteiger partial charge in [0.15, 0.2) is 0 Å². The highest BCUT2D eigenvalue weighted by molar-refractivity contribution is 5.36. The molecule has 2 nitrogen and oxygen atoms in total. The van der Waals surface area contributed by atoms with Gasteiger partial charge in [-0.2, -0.15) is 0 Å². The van der Waals surface area contributed by atoms with Crippen LogP contribution in [0.1, 0.15) is 48.9 Å². The number of benzene rings is 1. The third kappa shape index (κ3) is 2.32. The number of ether oxygens (including phenoxy) is 1. The molecule has 2 bridgehead atoms. The van der Waals surface area contributed by atoms with Crippen LogP contribution in [0.25, 0.3) is 0 Å². The summed E-state index contributed by atoms with van der Waals surface area (Å²) in [4.78, 5) is 0. The Hall–Kier alpha value is -0.860. The zero-order valence-corrected chi connectivity index (χ0v) is 12.3. The zero-order chi connectivity index (χ0) is 13.4. The van der Waals surface area contributed by atoms with Crippen LogP contribution in [0.15, 0.2) is 18.2 Å². The molecule has 2 saturated heterocycles. The Bertz CT molecular complexity index is 457. The number of fused-ring (bicyclic) bond motifs is 2. The molecule has 19 heavy (non-hydrogen) atoms. The van der Waals surface area contributed by atoms with Gasteiger partial charge in [0, 0.05) is 12.0 Å². The normalized spacial score (nSPS) is 30.8. The fraction of sp³-hybridized carbons (Fsp3) is 0.647. The highest BCUT2D eigenvalue weighted by Gasteiger charge is 2.44. The Kier molecular flexibility index (Phi) is 3.64. The second-order valence-corrected chi connectivity index (χ2v) is 6.10. The number of rotatable bonds is 4. The lowest BCUT2D eigenvalue weighted by Gasteiger charge is -2.31. The average Bonchev–Trinajstić information content (AvgIpc) is 3.02. The molecule has 3 rings (SSSR count). The molecule has 1 N–H and O–H groups in total. The molecule has 4 unspecified atom stereocenters. The molecular weight excluding hydrogens is 234 g/mol. The molecule has 4 atom stereocenters. The van der Waals surface area contributed by atoms with E-state index in [-0.39, 0.29) is 0 Å². The quantitative estimate of drug-likeness (QED) is 0.893. The summed E-state index contributed by atoms with van der Waals surface area (Å²) in [6, 6.07) is 7.15. The summed E-state index contributed by atoms with van der Waals surface area (Å²) in [5.74, 6) is 0.652. The molecule has 0 aromatic heterocycles. The van der Waals surface area contributed by atoms with Gasteiger partial charge in [0.2, 0.25) is 0 Å². The van der Waals surface area contributed by atoms with E-state index in [4.69, 9.17) is 4.74 Å². The smallest absolute Gasteiger partial charge is 0.0627 e. The van der Waals surface area contributed by atoms with Crippen molar-refractivity contribution < 1.29 is 4.74 Å². The molecule has 1 aromatic carbocycles. The van der Waals surface area contributed by atoms with Crippen molar-refractivity contribution in [3.05, 3.63) is 34.9 Å². The van der Waals surface area contributed by atoms with Gasteiger partial charge in [-0.1, -0.05) is 25.1 Å². The van der Waals surface area contributed by atoms with Gasteiger partial charge in [-0.3, -0.25) is 0 Å². The van der Waals surface area contributed by atoms with Crippen LogP contribution in [0, 0.1) is 19.8 Å². The third-order valence-electron chi connectivity index (χ3n) is 4.99. The third-order valence-corrected chi connectivity index (χ3v) is 4.99. The average molecular weight is 259 g/mol. The maximum Gasteiger partial charge on any atom is 0.0627 e. The van der Waals surface area contributed by atoms with Gasteiger partial charge >= 0.3 is 0 Å². The van der Waals surface area contributed by atoms with E-state index >= 15 is 0 Å². The van der Waals surface area contributed by atoms with E-state index in [0.29, 0.717) is 24.2 Å². The summed E-state index contributed by atoms with van der Waals surface area (Å²) in [6.07, 6.45) is 4.76. The largest absolute Gasteiger partial charge is 0.375 e. The molecule has 104 valence electrons. The van der Waals surface area contributed by atoms with Crippen molar-refractivity contribution in [3.63, 3.8) is 0 Å². The Morgan fingerprint density at radius 2 is 2.16 bits per heavy atom. The van der Waals surface area contributed by atoms with Crippen LogP contribution >= 0.6 is 0 Å². The Labute approximate surface area is 116 Å². The highest BCUT2D eigenvalue weighted by Crippen LogP contribution is 2.45. The minimum absolute atomic E-state index is 0.459. The van der Waals surface area contributed by atoms with Gasteiger partial charge < -0.3 is 10.1 Å². The van der Waals surface area contributed by atoms with Gasteiger partial charge in [0.25, 0.3) is 0 Å². The van der Waals surface area contributed by atoms with Crippen molar-refractivity contribution in [1.82, 2.24) is 5.32 Å². The molecule has 1 aromatic rings. The number of nitrogens with one attached hydrogen (secondary N) is 1. The van der Waals surface area contributed by atoms with Crippen molar-refractivity contribution in [2.45, 2.75) is 58.3 Å². The second kappa shape index (κ2) is 5.26. The molecule has 2 heterocycles. The van der Waals surface area contributed by atoms with Crippen molar-refractivity contribution in [3.8, 4) is 0 Å². The van der Waals surface area contributed by atoms with Crippen molar-refractivity contribution >= 4 is 0 Å². The monoisotopic (exact) mass is 259 g/mol. The van der Waals surface area contributed by atoms with Gasteiger partial charge in [0.1, 0.15) is 0 Å². The first-order valence-corrected chi connectivity index (χ1v) is 7.65. The highest BCUT2D eigenvalue weighted by atomic mass is 16.5. The van der Waals surface area contributed by atoms with Crippen LogP contribution in [0.3, 0.4) is 0 Å². The molecule has 2 aliphatic heterocycles. The minimum atomic E-state index is 0.459. The van der Waals surface area contributed by atoms with E-state index in [9.17, 15) is 0 Å². The molecule has 0 amide bonds. The number of aryl methyl sites for hydroxylation is 1. The van der Waals surface area contributed by atoms with Gasteiger partial charge in [-0.25, -0.2) is 0 Å². The summed E-state index contributed by atoms with van der Waals surface area (Å²) in [6.45, 7) is 7.68. The van der Waals surface area contributed by atoms with Crippen LogP contribution in [-0.2, 0) is 4.74 Å². The van der Waals surface area contributed by atoms with Gasteiger partial charge in [-0.05, 0) is 56.3 Å². The lowest BCUT2D eigenvalue weighted by atomic mass is 9.79. The Morgan fingerprint density at radius 1 is 1.32 bits per heavy atom. The SMILES string of the molecule is CCNC(c1cccc(C)c1C)C1CC2CCC1O2. The maximum absolute atomic E-state index is 6.06. The van der Waals surface area contributed by atoms with E-state index in [1.54, 1.807) is 0 Å². The first-order chi connectivity index (χ1) is 9.20. The summed E-state index contributed by atoms with van der Waals surface area (Å²) in [5.41, 5.74) is 4.31. The molecule has 0 saturated carbocycles. The fourth-order valence-corrected chi connectivity index (χ4v) is 3.85. The van der Waals surface area contributed by atoms with E-state index in [2.05, 4.69) is 44.3 Å². The van der Waals surface area contributed by atoms with E-state index < -0.39 is 0 Å². The van der Waals surface area contributed by atoms with Crippen molar-refractivity contribution in [1.29, 1.82) is 0 Å². The molecule has 2 fully saturated rings. The first-order valence-electron chi connectivity index (χ1n) is 7.65. The van der Waals surface area contributed by atoms with Crippen LogP contribution in [0.2, 0.25) is 0 Å². The maximum atomic E-state index is 6.06. The second-order valence-electron chi connectivity index (χ2n) is 6.10. The van der Waals surface area contributed by atoms with Crippen molar-refractivity contribution in [2.75, 3.05) is 6.54 Å². The minimum Gasteiger partial charge on any atom is -0.375 e. The van der Waals surface area contributed by atoms with Crippen molar-refractivity contribution in [2.24, 2.45) is 5.92 Å². The van der Waals surface area contributed by atoms with E-state index in [1.807, 2.05) is 0 Å². The number of hydrogen-bond acceptors (Lipinski definition) is 2. The lowest BCUT2D eigenvalue weighted by Crippen LogP contribution is -2.34. The molecule has 0 spiro atoms. The standard InChI is InChI=1S/C17H25NO/c1-4-18-17(14-7-5-6-11(2)12(14)3)15-10-13-8-9-16(15)19-13/h5-7,13,15-18H,4,8-10H2,1-3H3. The fourth-order valence-electron chi connectivity index (χ4n) is 3.85. The molecule has 0 aliphatic carbocycles. The predicted octanol–water partition coefficient (Wildman–Crippen LogP) is 3.52. The molecule has 2 aliphatic rings. The summed E-state index contributed by atoms with van der Waals surface area (Å²) in [5, 5.41) is 3.71. The van der Waals surface area contributed by atoms with Crippen LogP contribution < -0.4 is 5.32 Å². The summed E-state index contributed by atoms with van der Waals surface area (Å²) in [7, 11) is 0. The van der Waals surface area contributed by atoms with Gasteiger partial charge in [-0.15, -0.1) is 0 Å². The Balaban J connectivity index is 1.90. The Morgan fingerprint density at radius 3 is 2.79 bits per heavy atom. The van der Waals surface area contributed by atoms with E-state index in [1.165, 1.54) is 36.0 Å². The van der Waals surface area contributed by atoms with Crippen LogP contribution in [0.5, 0.6) is 0 Å². The molecule has 2 heteroatoms. The zero-order valence-electron chi connectivity index (χ0n) is 12.3. The summed E-state index contributed by atoms with van der Waals surface area (Å²) >= 11 is 0. The molecular formula is C17H25NO. The van der Waals surface area contributed by atoms with Crippen LogP contribution in [-0.4, -0.2) is 18.8 Å². The summed E-state index contributed by atoms with van der Waals surface area (Å²) < 4.78 is 6.06. The number of hydrogen-bond donors (Lipinski definition) is 1.